The molecule has 0 fully saturated rings. The summed E-state index contributed by atoms with van der Waals surface area (Å²) in [6.45, 7) is 5.34. The molecule has 6 nitrogen and oxygen atoms in total. The lowest BCUT2D eigenvalue weighted by Gasteiger charge is -2.37. The first-order chi connectivity index (χ1) is 17.8. The first kappa shape index (κ1) is 26.9. The largest absolute Gasteiger partial charge is 0.491 e. The van der Waals surface area contributed by atoms with Crippen LogP contribution < -0.4 is 10.1 Å². The van der Waals surface area contributed by atoms with Crippen LogP contribution in [-0.4, -0.2) is 48.0 Å². The van der Waals surface area contributed by atoms with E-state index in [9.17, 15) is 14.0 Å². The summed E-state index contributed by atoms with van der Waals surface area (Å²) in [6, 6.07) is 14.2. The van der Waals surface area contributed by atoms with Gasteiger partial charge in [-0.2, -0.15) is 0 Å². The van der Waals surface area contributed by atoms with E-state index in [-0.39, 0.29) is 36.9 Å². The van der Waals surface area contributed by atoms with Gasteiger partial charge in [-0.05, 0) is 78.2 Å². The second-order valence-corrected chi connectivity index (χ2v) is 10.9. The van der Waals surface area contributed by atoms with Crippen LogP contribution in [0.1, 0.15) is 36.8 Å². The van der Waals surface area contributed by atoms with Crippen molar-refractivity contribution in [3.8, 4) is 5.75 Å². The van der Waals surface area contributed by atoms with Gasteiger partial charge < -0.3 is 19.9 Å². The number of thiophene rings is 1. The average Bonchev–Trinajstić information content (AvgIpc) is 3.35. The number of benzene rings is 2. The third-order valence-electron chi connectivity index (χ3n) is 6.30. The van der Waals surface area contributed by atoms with Crippen molar-refractivity contribution in [3.63, 3.8) is 0 Å². The monoisotopic (exact) mass is 543 g/mol. The highest BCUT2D eigenvalue weighted by Crippen LogP contribution is 2.34. The molecule has 4 rings (SSSR count). The molecule has 2 heterocycles. The molecule has 3 aromatic rings. The normalized spacial score (nSPS) is 14.8. The third-order valence-corrected chi connectivity index (χ3v) is 7.53. The number of ether oxygens (including phenoxy) is 1. The molecule has 9 heteroatoms. The summed E-state index contributed by atoms with van der Waals surface area (Å²) in [7, 11) is 0. The fourth-order valence-corrected chi connectivity index (χ4v) is 5.39. The Balaban J connectivity index is 1.49. The topological polar surface area (TPSA) is 61.9 Å². The minimum Gasteiger partial charge on any atom is -0.491 e. The van der Waals surface area contributed by atoms with Crippen molar-refractivity contribution in [1.29, 1.82) is 0 Å². The number of hydrogen-bond donors (Lipinski definition) is 1. The molecule has 0 saturated carbocycles. The maximum Gasteiger partial charge on any atom is 0.322 e. The summed E-state index contributed by atoms with van der Waals surface area (Å²) in [5.41, 5.74) is 1.63. The molecular formula is C28H31ClFN3O3S. The van der Waals surface area contributed by atoms with Gasteiger partial charge >= 0.3 is 6.03 Å². The molecule has 1 N–H and O–H groups in total. The van der Waals surface area contributed by atoms with Gasteiger partial charge in [0.05, 0.1) is 6.04 Å². The van der Waals surface area contributed by atoms with Crippen LogP contribution in [0.2, 0.25) is 5.02 Å². The zero-order chi connectivity index (χ0) is 26.4. The average molecular weight is 544 g/mol. The highest BCUT2D eigenvalue weighted by atomic mass is 35.5. The number of nitrogens with zero attached hydrogens (tertiary/aromatic N) is 2. The quantitative estimate of drug-likeness (QED) is 0.329. The van der Waals surface area contributed by atoms with E-state index in [4.69, 9.17) is 16.3 Å². The molecule has 37 heavy (non-hydrogen) atoms. The summed E-state index contributed by atoms with van der Waals surface area (Å²) in [5, 5.41) is 5.41. The summed E-state index contributed by atoms with van der Waals surface area (Å²) in [6.07, 6.45) is 1.52. The van der Waals surface area contributed by atoms with Crippen molar-refractivity contribution in [2.24, 2.45) is 5.92 Å². The molecule has 2 aromatic carbocycles. The Bertz CT molecular complexity index is 1220. The fraction of sp³-hybridized carbons (Fsp3) is 0.357. The van der Waals surface area contributed by atoms with Crippen LogP contribution >= 0.6 is 22.9 Å². The Morgan fingerprint density at radius 1 is 1.22 bits per heavy atom. The second-order valence-electron chi connectivity index (χ2n) is 9.46. The van der Waals surface area contributed by atoms with Gasteiger partial charge in [0.25, 0.3) is 0 Å². The summed E-state index contributed by atoms with van der Waals surface area (Å²) in [4.78, 5) is 31.4. The molecule has 1 aliphatic heterocycles. The van der Waals surface area contributed by atoms with E-state index in [0.29, 0.717) is 35.5 Å². The maximum absolute atomic E-state index is 13.6. The molecule has 1 aliphatic rings. The molecule has 0 radical (unpaired) electrons. The molecule has 1 atom stereocenters. The lowest BCUT2D eigenvalue weighted by Crippen LogP contribution is -2.49. The Morgan fingerprint density at radius 3 is 2.73 bits per heavy atom. The first-order valence-electron chi connectivity index (χ1n) is 12.4. The summed E-state index contributed by atoms with van der Waals surface area (Å²) < 4.78 is 19.3. The van der Waals surface area contributed by atoms with Crippen molar-refractivity contribution in [2.75, 3.05) is 31.6 Å². The summed E-state index contributed by atoms with van der Waals surface area (Å²) >= 11 is 7.74. The number of halogens is 2. The maximum atomic E-state index is 13.6. The van der Waals surface area contributed by atoms with Crippen LogP contribution in [0.5, 0.6) is 5.75 Å². The number of hydrogen-bond acceptors (Lipinski definition) is 4. The molecule has 1 unspecified atom stereocenters. The number of amides is 3. The van der Waals surface area contributed by atoms with Crippen LogP contribution in [0.3, 0.4) is 0 Å². The van der Waals surface area contributed by atoms with Gasteiger partial charge in [-0.25, -0.2) is 9.18 Å². The van der Waals surface area contributed by atoms with Gasteiger partial charge in [0.2, 0.25) is 5.91 Å². The smallest absolute Gasteiger partial charge is 0.322 e. The lowest BCUT2D eigenvalue weighted by molar-refractivity contribution is -0.135. The number of carbonyl (C=O) groups excluding carboxylic acids is 2. The van der Waals surface area contributed by atoms with Crippen molar-refractivity contribution < 1.29 is 18.7 Å². The molecule has 0 spiro atoms. The number of urea groups is 1. The van der Waals surface area contributed by atoms with Crippen molar-refractivity contribution >= 4 is 40.6 Å². The highest BCUT2D eigenvalue weighted by Gasteiger charge is 2.33. The Hall–Kier alpha value is -3.10. The highest BCUT2D eigenvalue weighted by molar-refractivity contribution is 7.10. The van der Waals surface area contributed by atoms with E-state index in [2.05, 4.69) is 19.2 Å². The van der Waals surface area contributed by atoms with Crippen LogP contribution in [-0.2, 0) is 11.2 Å². The summed E-state index contributed by atoms with van der Waals surface area (Å²) in [5.74, 6) is 0.432. The predicted molar refractivity (Wildman–Crippen MR) is 146 cm³/mol. The van der Waals surface area contributed by atoms with E-state index >= 15 is 0 Å². The molecular weight excluding hydrogens is 513 g/mol. The molecule has 196 valence electrons. The SMILES string of the molecule is CC(C)CCN(CC(=O)N1CCc2sccc2C1COc1ccc(F)cc1)C(=O)Nc1cccc(Cl)c1. The van der Waals surface area contributed by atoms with Gasteiger partial charge in [-0.3, -0.25) is 4.79 Å². The second kappa shape index (κ2) is 12.4. The molecule has 0 saturated heterocycles. The van der Waals surface area contributed by atoms with Gasteiger partial charge in [0.15, 0.2) is 0 Å². The van der Waals surface area contributed by atoms with E-state index in [1.165, 1.54) is 17.0 Å². The standard InChI is InChI=1S/C28H31ClFN3O3S/c1-19(2)10-13-32(28(35)31-22-5-3-4-20(29)16-22)17-27(34)33-14-11-26-24(12-15-37-26)25(33)18-36-23-8-6-21(30)7-9-23/h3-9,12,15-16,19,25H,10-11,13-14,17-18H2,1-2H3,(H,31,35). The molecule has 3 amide bonds. The van der Waals surface area contributed by atoms with Crippen LogP contribution in [0.15, 0.2) is 60.0 Å². The zero-order valence-electron chi connectivity index (χ0n) is 21.0. The van der Waals surface area contributed by atoms with Crippen LogP contribution in [0.4, 0.5) is 14.9 Å². The Kier molecular flexibility index (Phi) is 9.05. The van der Waals surface area contributed by atoms with Gasteiger partial charge in [0.1, 0.15) is 24.7 Å². The molecule has 0 bridgehead atoms. The fourth-order valence-electron chi connectivity index (χ4n) is 4.27. The number of anilines is 1. The molecule has 0 aliphatic carbocycles. The number of nitrogens with one attached hydrogen (secondary N) is 1. The number of fused-ring (bicyclic) bond motifs is 1. The van der Waals surface area contributed by atoms with Gasteiger partial charge in [0, 0.05) is 28.7 Å². The van der Waals surface area contributed by atoms with Crippen molar-refractivity contribution in [2.45, 2.75) is 32.7 Å². The lowest BCUT2D eigenvalue weighted by atomic mass is 10.0. The Morgan fingerprint density at radius 2 is 2.00 bits per heavy atom. The van der Waals surface area contributed by atoms with Crippen molar-refractivity contribution in [3.05, 3.63) is 81.3 Å². The van der Waals surface area contributed by atoms with Gasteiger partial charge in [-0.15, -0.1) is 11.3 Å². The van der Waals surface area contributed by atoms with E-state index in [1.54, 1.807) is 57.5 Å². The van der Waals surface area contributed by atoms with E-state index in [0.717, 1.165) is 18.4 Å². The minimum absolute atomic E-state index is 0.0500. The van der Waals surface area contributed by atoms with E-state index in [1.807, 2.05) is 11.4 Å². The minimum atomic E-state index is -0.344. The third kappa shape index (κ3) is 7.23. The molecule has 1 aromatic heterocycles. The number of rotatable bonds is 9. The van der Waals surface area contributed by atoms with Crippen LogP contribution in [0, 0.1) is 11.7 Å². The van der Waals surface area contributed by atoms with Crippen molar-refractivity contribution in [1.82, 2.24) is 9.80 Å². The van der Waals surface area contributed by atoms with E-state index < -0.39 is 0 Å². The number of carbonyl (C=O) groups is 2. The Labute approximate surface area is 226 Å². The first-order valence-corrected chi connectivity index (χ1v) is 13.6. The predicted octanol–water partition coefficient (Wildman–Crippen LogP) is 6.63. The zero-order valence-corrected chi connectivity index (χ0v) is 22.5. The van der Waals surface area contributed by atoms with Gasteiger partial charge in [-0.1, -0.05) is 31.5 Å². The van der Waals surface area contributed by atoms with Crippen LogP contribution in [0.25, 0.3) is 0 Å².